The molecular weight excluding hydrogens is 230 g/mol. The molecule has 4 nitrogen and oxygen atoms in total. The van der Waals surface area contributed by atoms with Gasteiger partial charge in [0.1, 0.15) is 0 Å². The van der Waals surface area contributed by atoms with Gasteiger partial charge in [-0.05, 0) is 51.9 Å². The summed E-state index contributed by atoms with van der Waals surface area (Å²) in [6.45, 7) is 6.00. The van der Waals surface area contributed by atoms with Crippen LogP contribution < -0.4 is 5.32 Å². The van der Waals surface area contributed by atoms with Crippen molar-refractivity contribution in [2.24, 2.45) is 11.8 Å². The van der Waals surface area contributed by atoms with Gasteiger partial charge in [0.2, 0.25) is 5.91 Å². The number of carbonyl (C=O) groups excluding carboxylic acids is 1. The molecule has 0 atom stereocenters. The van der Waals surface area contributed by atoms with Crippen LogP contribution in [0.5, 0.6) is 0 Å². The molecule has 0 spiro atoms. The van der Waals surface area contributed by atoms with Crippen molar-refractivity contribution in [1.29, 1.82) is 0 Å². The number of amides is 1. The molecule has 1 saturated carbocycles. The molecule has 0 aromatic carbocycles. The van der Waals surface area contributed by atoms with Crippen LogP contribution in [0.4, 0.5) is 0 Å². The third-order valence-electron chi connectivity index (χ3n) is 3.81. The summed E-state index contributed by atoms with van der Waals surface area (Å²) in [6.07, 6.45) is 4.72. The van der Waals surface area contributed by atoms with Gasteiger partial charge in [-0.25, -0.2) is 0 Å². The number of carboxylic acids is 1. The molecule has 0 aliphatic heterocycles. The predicted octanol–water partition coefficient (Wildman–Crippen LogP) is 2.57. The van der Waals surface area contributed by atoms with Crippen molar-refractivity contribution in [2.75, 3.05) is 0 Å². The van der Waals surface area contributed by atoms with Gasteiger partial charge in [0.15, 0.2) is 0 Å². The van der Waals surface area contributed by atoms with Gasteiger partial charge in [0, 0.05) is 17.9 Å². The molecule has 1 rings (SSSR count). The number of hydrogen-bond acceptors (Lipinski definition) is 2. The first-order valence-electron chi connectivity index (χ1n) is 6.84. The fourth-order valence-corrected chi connectivity index (χ4v) is 2.44. The second-order valence-electron chi connectivity index (χ2n) is 6.22. The minimum absolute atomic E-state index is 0.0922. The molecule has 4 heteroatoms. The number of aliphatic carboxylic acids is 1. The zero-order valence-electron chi connectivity index (χ0n) is 11.7. The fourth-order valence-electron chi connectivity index (χ4n) is 2.44. The third kappa shape index (κ3) is 5.07. The Morgan fingerprint density at radius 2 is 1.78 bits per heavy atom. The van der Waals surface area contributed by atoms with E-state index in [0.717, 1.165) is 31.6 Å². The smallest absolute Gasteiger partial charge is 0.303 e. The molecule has 2 N–H and O–H groups in total. The monoisotopic (exact) mass is 255 g/mol. The van der Waals surface area contributed by atoms with Crippen LogP contribution in [0.15, 0.2) is 0 Å². The van der Waals surface area contributed by atoms with E-state index in [0.29, 0.717) is 6.42 Å². The summed E-state index contributed by atoms with van der Waals surface area (Å²) < 4.78 is 0. The summed E-state index contributed by atoms with van der Waals surface area (Å²) in [6, 6.07) is 0. The Labute approximate surface area is 109 Å². The Morgan fingerprint density at radius 1 is 1.22 bits per heavy atom. The maximum atomic E-state index is 12.1. The molecule has 1 aliphatic carbocycles. The Kier molecular flexibility index (Phi) is 5.17. The van der Waals surface area contributed by atoms with E-state index in [-0.39, 0.29) is 18.2 Å². The standard InChI is InChI=1S/C14H25NO3/c1-10-4-6-11(7-5-10)13(18)15-14(2,3)9-8-12(16)17/h10-11H,4-9H2,1-3H3,(H,15,18)(H,16,17). The summed E-state index contributed by atoms with van der Waals surface area (Å²) in [4.78, 5) is 22.7. The maximum absolute atomic E-state index is 12.1. The van der Waals surface area contributed by atoms with Gasteiger partial charge < -0.3 is 10.4 Å². The van der Waals surface area contributed by atoms with E-state index >= 15 is 0 Å². The van der Waals surface area contributed by atoms with Crippen LogP contribution in [0.2, 0.25) is 0 Å². The summed E-state index contributed by atoms with van der Waals surface area (Å²) in [5.41, 5.74) is -0.432. The van der Waals surface area contributed by atoms with Crippen molar-refractivity contribution >= 4 is 11.9 Å². The Morgan fingerprint density at radius 3 is 2.28 bits per heavy atom. The normalized spacial score (nSPS) is 24.6. The number of carboxylic acid groups (broad SMARTS) is 1. The van der Waals surface area contributed by atoms with Crippen molar-refractivity contribution in [3.05, 3.63) is 0 Å². The van der Waals surface area contributed by atoms with Crippen LogP contribution >= 0.6 is 0 Å². The fraction of sp³-hybridized carbons (Fsp3) is 0.857. The largest absolute Gasteiger partial charge is 0.481 e. The summed E-state index contributed by atoms with van der Waals surface area (Å²) in [5, 5.41) is 11.7. The molecule has 0 unspecified atom stereocenters. The molecule has 1 amide bonds. The van der Waals surface area contributed by atoms with Gasteiger partial charge in [-0.2, -0.15) is 0 Å². The second kappa shape index (κ2) is 6.21. The van der Waals surface area contributed by atoms with Crippen molar-refractivity contribution in [2.45, 2.75) is 64.8 Å². The van der Waals surface area contributed by atoms with Crippen LogP contribution in [0.1, 0.15) is 59.3 Å². The zero-order valence-corrected chi connectivity index (χ0v) is 11.7. The highest BCUT2D eigenvalue weighted by Crippen LogP contribution is 2.29. The van der Waals surface area contributed by atoms with Crippen LogP contribution in [0.25, 0.3) is 0 Å². The van der Waals surface area contributed by atoms with Crippen molar-refractivity contribution in [3.8, 4) is 0 Å². The van der Waals surface area contributed by atoms with Crippen LogP contribution in [0, 0.1) is 11.8 Å². The van der Waals surface area contributed by atoms with Gasteiger partial charge in [0.05, 0.1) is 0 Å². The summed E-state index contributed by atoms with van der Waals surface area (Å²) in [5.74, 6) is 0.125. The Balaban J connectivity index is 2.40. The lowest BCUT2D eigenvalue weighted by Gasteiger charge is -2.31. The van der Waals surface area contributed by atoms with E-state index < -0.39 is 11.5 Å². The van der Waals surface area contributed by atoms with E-state index in [1.165, 1.54) is 0 Å². The Bertz CT molecular complexity index is 304. The molecule has 0 bridgehead atoms. The lowest BCUT2D eigenvalue weighted by Crippen LogP contribution is -2.46. The number of nitrogens with one attached hydrogen (secondary N) is 1. The van der Waals surface area contributed by atoms with Gasteiger partial charge in [0.25, 0.3) is 0 Å². The number of rotatable bonds is 5. The Hall–Kier alpha value is -1.06. The van der Waals surface area contributed by atoms with E-state index in [1.54, 1.807) is 0 Å². The zero-order chi connectivity index (χ0) is 13.8. The van der Waals surface area contributed by atoms with E-state index in [2.05, 4.69) is 12.2 Å². The van der Waals surface area contributed by atoms with Gasteiger partial charge in [-0.3, -0.25) is 9.59 Å². The highest BCUT2D eigenvalue weighted by atomic mass is 16.4. The first-order chi connectivity index (χ1) is 8.30. The molecule has 0 aromatic heterocycles. The molecule has 0 aromatic rings. The lowest BCUT2D eigenvalue weighted by molar-refractivity contribution is -0.138. The van der Waals surface area contributed by atoms with Crippen molar-refractivity contribution in [3.63, 3.8) is 0 Å². The summed E-state index contributed by atoms with van der Waals surface area (Å²) >= 11 is 0. The first-order valence-corrected chi connectivity index (χ1v) is 6.84. The average molecular weight is 255 g/mol. The van der Waals surface area contributed by atoms with Crippen molar-refractivity contribution < 1.29 is 14.7 Å². The predicted molar refractivity (Wildman–Crippen MR) is 70.2 cm³/mol. The highest BCUT2D eigenvalue weighted by Gasteiger charge is 2.28. The quantitative estimate of drug-likeness (QED) is 0.793. The van der Waals surface area contributed by atoms with E-state index in [4.69, 9.17) is 5.11 Å². The van der Waals surface area contributed by atoms with Crippen LogP contribution in [0.3, 0.4) is 0 Å². The van der Waals surface area contributed by atoms with Crippen LogP contribution in [-0.2, 0) is 9.59 Å². The molecular formula is C14H25NO3. The summed E-state index contributed by atoms with van der Waals surface area (Å²) in [7, 11) is 0. The highest BCUT2D eigenvalue weighted by molar-refractivity contribution is 5.79. The molecule has 0 saturated heterocycles. The van der Waals surface area contributed by atoms with Gasteiger partial charge >= 0.3 is 5.97 Å². The van der Waals surface area contributed by atoms with Gasteiger partial charge in [-0.15, -0.1) is 0 Å². The minimum Gasteiger partial charge on any atom is -0.481 e. The second-order valence-corrected chi connectivity index (χ2v) is 6.22. The van der Waals surface area contributed by atoms with Crippen molar-refractivity contribution in [1.82, 2.24) is 5.32 Å². The number of hydrogen-bond donors (Lipinski definition) is 2. The third-order valence-corrected chi connectivity index (χ3v) is 3.81. The SMILES string of the molecule is CC1CCC(C(=O)NC(C)(C)CCC(=O)O)CC1. The molecule has 1 fully saturated rings. The molecule has 0 heterocycles. The van der Waals surface area contributed by atoms with Crippen LogP contribution in [-0.4, -0.2) is 22.5 Å². The van der Waals surface area contributed by atoms with E-state index in [9.17, 15) is 9.59 Å². The topological polar surface area (TPSA) is 66.4 Å². The first kappa shape index (κ1) is 15.0. The molecule has 104 valence electrons. The van der Waals surface area contributed by atoms with E-state index in [1.807, 2.05) is 13.8 Å². The molecule has 18 heavy (non-hydrogen) atoms. The van der Waals surface area contributed by atoms with Gasteiger partial charge in [-0.1, -0.05) is 6.92 Å². The number of carbonyl (C=O) groups is 2. The average Bonchev–Trinajstić information content (AvgIpc) is 2.27. The lowest BCUT2D eigenvalue weighted by atomic mass is 9.82. The maximum Gasteiger partial charge on any atom is 0.303 e. The molecule has 1 aliphatic rings. The minimum atomic E-state index is -0.816. The molecule has 0 radical (unpaired) electrons.